The lowest BCUT2D eigenvalue weighted by atomic mass is 10.0. The van der Waals surface area contributed by atoms with Crippen molar-refractivity contribution < 1.29 is 4.79 Å². The first kappa shape index (κ1) is 15.4. The summed E-state index contributed by atoms with van der Waals surface area (Å²) >= 11 is 0. The smallest absolute Gasteiger partial charge is 0.234 e. The number of hydrogen-bond donors (Lipinski definition) is 1. The Hall–Kier alpha value is -0.610. The molecule has 1 amide bonds. The Bertz CT molecular complexity index is 233. The molecule has 1 N–H and O–H groups in total. The third-order valence-corrected chi connectivity index (χ3v) is 3.75. The summed E-state index contributed by atoms with van der Waals surface area (Å²) in [6.45, 7) is 12.3. The van der Waals surface area contributed by atoms with Crippen molar-refractivity contribution in [3.05, 3.63) is 0 Å². The molecule has 0 saturated carbocycles. The monoisotopic (exact) mass is 255 g/mol. The van der Waals surface area contributed by atoms with E-state index in [2.05, 4.69) is 35.9 Å². The zero-order chi connectivity index (χ0) is 13.4. The molecule has 0 aromatic heterocycles. The summed E-state index contributed by atoms with van der Waals surface area (Å²) in [4.78, 5) is 16.5. The summed E-state index contributed by atoms with van der Waals surface area (Å²) in [5, 5.41) is 3.17. The maximum Gasteiger partial charge on any atom is 0.234 e. The van der Waals surface area contributed by atoms with Crippen molar-refractivity contribution in [1.82, 2.24) is 15.1 Å². The number of amides is 1. The number of hydrogen-bond acceptors (Lipinski definition) is 3. The topological polar surface area (TPSA) is 35.6 Å². The maximum atomic E-state index is 11.9. The quantitative estimate of drug-likeness (QED) is 0.745. The molecule has 1 heterocycles. The summed E-state index contributed by atoms with van der Waals surface area (Å²) in [7, 11) is 0. The number of likely N-dealkylation sites (tertiary alicyclic amines) is 1. The second-order valence-corrected chi connectivity index (χ2v) is 5.14. The van der Waals surface area contributed by atoms with Crippen molar-refractivity contribution >= 4 is 5.91 Å². The predicted molar refractivity (Wildman–Crippen MR) is 75.7 cm³/mol. The first-order chi connectivity index (χ1) is 8.69. The van der Waals surface area contributed by atoms with Crippen LogP contribution in [0.5, 0.6) is 0 Å². The molecular formula is C14H29N3O. The van der Waals surface area contributed by atoms with Crippen LogP contribution in [-0.4, -0.2) is 61.0 Å². The Labute approximate surface area is 112 Å². The number of carbonyl (C=O) groups is 1. The number of likely N-dealkylation sites (N-methyl/N-ethyl adjacent to an activating group) is 1. The first-order valence-electron chi connectivity index (χ1n) is 7.43. The van der Waals surface area contributed by atoms with Crippen molar-refractivity contribution in [1.29, 1.82) is 0 Å². The Morgan fingerprint density at radius 3 is 2.33 bits per heavy atom. The molecule has 0 radical (unpaired) electrons. The van der Waals surface area contributed by atoms with Crippen LogP contribution in [0.4, 0.5) is 0 Å². The molecule has 1 saturated heterocycles. The molecule has 1 aliphatic heterocycles. The molecule has 0 spiro atoms. The molecule has 0 aromatic carbocycles. The zero-order valence-electron chi connectivity index (χ0n) is 12.2. The van der Waals surface area contributed by atoms with E-state index in [9.17, 15) is 4.79 Å². The van der Waals surface area contributed by atoms with Gasteiger partial charge in [0.25, 0.3) is 0 Å². The molecule has 106 valence electrons. The Kier molecular flexibility index (Phi) is 7.28. The second-order valence-electron chi connectivity index (χ2n) is 5.14. The van der Waals surface area contributed by atoms with Crippen LogP contribution >= 0.6 is 0 Å². The van der Waals surface area contributed by atoms with Gasteiger partial charge in [0.1, 0.15) is 0 Å². The number of piperidine rings is 1. The minimum Gasteiger partial charge on any atom is -0.352 e. The van der Waals surface area contributed by atoms with E-state index in [1.54, 1.807) is 0 Å². The van der Waals surface area contributed by atoms with Crippen LogP contribution < -0.4 is 5.32 Å². The third kappa shape index (κ3) is 5.36. The molecule has 18 heavy (non-hydrogen) atoms. The number of rotatable bonds is 7. The lowest BCUT2D eigenvalue weighted by molar-refractivity contribution is -0.123. The number of nitrogens with zero attached hydrogens (tertiary/aromatic N) is 2. The number of carbonyl (C=O) groups excluding carboxylic acids is 1. The second kappa shape index (κ2) is 8.48. The number of nitrogens with one attached hydrogen (secondary N) is 1. The van der Waals surface area contributed by atoms with Gasteiger partial charge in [0, 0.05) is 19.1 Å². The van der Waals surface area contributed by atoms with Crippen molar-refractivity contribution in [2.45, 2.75) is 46.1 Å². The molecule has 0 aliphatic carbocycles. The molecule has 0 bridgehead atoms. The van der Waals surface area contributed by atoms with Crippen LogP contribution in [0.25, 0.3) is 0 Å². The average Bonchev–Trinajstić information content (AvgIpc) is 2.38. The van der Waals surface area contributed by atoms with Gasteiger partial charge in [0.15, 0.2) is 0 Å². The van der Waals surface area contributed by atoms with Gasteiger partial charge in [-0.15, -0.1) is 0 Å². The van der Waals surface area contributed by atoms with Crippen LogP contribution in [0.2, 0.25) is 0 Å². The molecule has 0 atom stereocenters. The highest BCUT2D eigenvalue weighted by Gasteiger charge is 2.20. The molecule has 1 rings (SSSR count). The molecular weight excluding hydrogens is 226 g/mol. The minimum atomic E-state index is 0.188. The Morgan fingerprint density at radius 1 is 1.22 bits per heavy atom. The van der Waals surface area contributed by atoms with Crippen molar-refractivity contribution in [3.8, 4) is 0 Å². The highest BCUT2D eigenvalue weighted by Crippen LogP contribution is 2.10. The first-order valence-corrected chi connectivity index (χ1v) is 7.43. The van der Waals surface area contributed by atoms with Gasteiger partial charge < -0.3 is 10.2 Å². The summed E-state index contributed by atoms with van der Waals surface area (Å²) in [5.41, 5.74) is 0. The fraction of sp³-hybridized carbons (Fsp3) is 0.929. The lowest BCUT2D eigenvalue weighted by Gasteiger charge is -2.32. The zero-order valence-corrected chi connectivity index (χ0v) is 12.2. The highest BCUT2D eigenvalue weighted by atomic mass is 16.2. The van der Waals surface area contributed by atoms with Crippen LogP contribution in [0.15, 0.2) is 0 Å². The molecule has 1 aliphatic rings. The standard InChI is InChI=1S/C14H29N3O/c1-4-9-17-10-7-13(8-11-17)15-14(18)12-16(5-2)6-3/h13H,4-12H2,1-3H3,(H,15,18). The molecule has 4 nitrogen and oxygen atoms in total. The lowest BCUT2D eigenvalue weighted by Crippen LogP contribution is -2.47. The molecule has 0 aromatic rings. The van der Waals surface area contributed by atoms with Gasteiger partial charge in [-0.25, -0.2) is 0 Å². The largest absolute Gasteiger partial charge is 0.352 e. The van der Waals surface area contributed by atoms with Gasteiger partial charge in [-0.3, -0.25) is 9.69 Å². The van der Waals surface area contributed by atoms with E-state index in [0.717, 1.165) is 39.0 Å². The summed E-state index contributed by atoms with van der Waals surface area (Å²) < 4.78 is 0. The van der Waals surface area contributed by atoms with Gasteiger partial charge in [0.05, 0.1) is 6.54 Å². The minimum absolute atomic E-state index is 0.188. The Morgan fingerprint density at radius 2 is 1.83 bits per heavy atom. The average molecular weight is 255 g/mol. The van der Waals surface area contributed by atoms with E-state index in [0.29, 0.717) is 12.6 Å². The molecule has 0 unspecified atom stereocenters. The summed E-state index contributed by atoms with van der Waals surface area (Å²) in [5.74, 6) is 0.188. The van der Waals surface area contributed by atoms with E-state index in [-0.39, 0.29) is 5.91 Å². The van der Waals surface area contributed by atoms with Crippen molar-refractivity contribution in [3.63, 3.8) is 0 Å². The van der Waals surface area contributed by atoms with E-state index >= 15 is 0 Å². The predicted octanol–water partition coefficient (Wildman–Crippen LogP) is 1.32. The van der Waals surface area contributed by atoms with Gasteiger partial charge >= 0.3 is 0 Å². The van der Waals surface area contributed by atoms with E-state index in [1.165, 1.54) is 13.0 Å². The normalized spacial score (nSPS) is 18.2. The molecule has 1 fully saturated rings. The fourth-order valence-electron chi connectivity index (χ4n) is 2.54. The van der Waals surface area contributed by atoms with Gasteiger partial charge in [0.2, 0.25) is 5.91 Å². The molecule has 4 heteroatoms. The van der Waals surface area contributed by atoms with Crippen molar-refractivity contribution in [2.24, 2.45) is 0 Å². The van der Waals surface area contributed by atoms with E-state index in [4.69, 9.17) is 0 Å². The SMILES string of the molecule is CCCN1CCC(NC(=O)CN(CC)CC)CC1. The summed E-state index contributed by atoms with van der Waals surface area (Å²) in [6.07, 6.45) is 3.42. The van der Waals surface area contributed by atoms with Crippen molar-refractivity contribution in [2.75, 3.05) is 39.3 Å². The van der Waals surface area contributed by atoms with Gasteiger partial charge in [-0.2, -0.15) is 0 Å². The van der Waals surface area contributed by atoms with E-state index in [1.807, 2.05) is 0 Å². The van der Waals surface area contributed by atoms with Crippen LogP contribution in [0, 0.1) is 0 Å². The van der Waals surface area contributed by atoms with Gasteiger partial charge in [-0.1, -0.05) is 20.8 Å². The van der Waals surface area contributed by atoms with Gasteiger partial charge in [-0.05, 0) is 38.9 Å². The third-order valence-electron chi connectivity index (χ3n) is 3.75. The maximum absolute atomic E-state index is 11.9. The van der Waals surface area contributed by atoms with Crippen LogP contribution in [-0.2, 0) is 4.79 Å². The van der Waals surface area contributed by atoms with E-state index < -0.39 is 0 Å². The summed E-state index contributed by atoms with van der Waals surface area (Å²) in [6, 6.07) is 0.390. The Balaban J connectivity index is 2.21. The van der Waals surface area contributed by atoms with Crippen LogP contribution in [0.3, 0.4) is 0 Å². The highest BCUT2D eigenvalue weighted by molar-refractivity contribution is 5.78. The van der Waals surface area contributed by atoms with Crippen LogP contribution in [0.1, 0.15) is 40.0 Å². The fourth-order valence-corrected chi connectivity index (χ4v) is 2.54.